The molecule has 1 atom stereocenters. The molecule has 2 aromatic heterocycles. The predicted octanol–water partition coefficient (Wildman–Crippen LogP) is 1.99. The number of pyridine rings is 1. The summed E-state index contributed by atoms with van der Waals surface area (Å²) >= 11 is 0. The summed E-state index contributed by atoms with van der Waals surface area (Å²) in [5, 5.41) is 12.5. The van der Waals surface area contributed by atoms with E-state index < -0.39 is 11.7 Å². The van der Waals surface area contributed by atoms with Crippen LogP contribution in [0.3, 0.4) is 0 Å². The van der Waals surface area contributed by atoms with Crippen molar-refractivity contribution in [2.45, 2.75) is 24.9 Å². The predicted molar refractivity (Wildman–Crippen MR) is 94.7 cm³/mol. The molecule has 0 spiro atoms. The fourth-order valence-corrected chi connectivity index (χ4v) is 3.07. The third kappa shape index (κ3) is 4.92. The van der Waals surface area contributed by atoms with Gasteiger partial charge in [-0.05, 0) is 31.2 Å². The van der Waals surface area contributed by atoms with Crippen molar-refractivity contribution < 1.29 is 18.3 Å². The Balaban J connectivity index is 1.91. The highest BCUT2D eigenvalue weighted by Crippen LogP contribution is 2.29. The summed E-state index contributed by atoms with van der Waals surface area (Å²) in [6.45, 7) is 2.04. The number of anilines is 1. The van der Waals surface area contributed by atoms with Gasteiger partial charge in [0.15, 0.2) is 0 Å². The molecule has 0 aromatic carbocycles. The van der Waals surface area contributed by atoms with Gasteiger partial charge in [-0.1, -0.05) is 0 Å². The minimum atomic E-state index is -4.41. The third-order valence-corrected chi connectivity index (χ3v) is 4.55. The molecule has 0 bridgehead atoms. The Morgan fingerprint density at radius 3 is 2.74 bits per heavy atom. The minimum Gasteiger partial charge on any atom is -0.395 e. The third-order valence-electron chi connectivity index (χ3n) is 4.55. The van der Waals surface area contributed by atoms with Crippen LogP contribution in [0.1, 0.15) is 35.0 Å². The Labute approximate surface area is 155 Å². The van der Waals surface area contributed by atoms with E-state index in [1.165, 1.54) is 6.20 Å². The van der Waals surface area contributed by atoms with Gasteiger partial charge in [0, 0.05) is 44.4 Å². The van der Waals surface area contributed by atoms with Crippen LogP contribution in [-0.2, 0) is 12.6 Å². The molecule has 146 valence electrons. The van der Waals surface area contributed by atoms with Crippen molar-refractivity contribution in [3.63, 3.8) is 0 Å². The maximum atomic E-state index is 12.9. The number of nitrogens with zero attached hydrogens (tertiary/aromatic N) is 4. The Hall–Kier alpha value is -2.26. The number of hydrogen-bond donors (Lipinski definition) is 2. The van der Waals surface area contributed by atoms with Gasteiger partial charge in [-0.3, -0.25) is 4.98 Å². The number of likely N-dealkylation sites (N-methyl/N-ethyl adjacent to an activating group) is 1. The zero-order chi connectivity index (χ0) is 19.4. The standard InChI is InChI=1S/C18H22F3N5O/c1-26(6-7-27)17-24-15(10-16(25-17)12-2-4-22-11-12)9-14-8-13(3-5-23-14)18(19,20)21/h3,5,8,10,12,22,27H,2,4,6-7,9,11H2,1H3. The van der Waals surface area contributed by atoms with Gasteiger partial charge < -0.3 is 15.3 Å². The largest absolute Gasteiger partial charge is 0.416 e. The molecule has 0 aliphatic carbocycles. The highest BCUT2D eigenvalue weighted by molar-refractivity contribution is 5.34. The zero-order valence-corrected chi connectivity index (χ0v) is 15.0. The second-order valence-electron chi connectivity index (χ2n) is 6.63. The van der Waals surface area contributed by atoms with E-state index in [9.17, 15) is 13.2 Å². The molecule has 2 N–H and O–H groups in total. The van der Waals surface area contributed by atoms with Gasteiger partial charge in [-0.2, -0.15) is 13.2 Å². The molecule has 1 fully saturated rings. The lowest BCUT2D eigenvalue weighted by Crippen LogP contribution is -2.25. The molecule has 1 saturated heterocycles. The quantitative estimate of drug-likeness (QED) is 0.797. The minimum absolute atomic E-state index is 0.0421. The number of aromatic nitrogens is 3. The maximum Gasteiger partial charge on any atom is 0.416 e. The van der Waals surface area contributed by atoms with Gasteiger partial charge in [0.25, 0.3) is 0 Å². The average molecular weight is 381 g/mol. The lowest BCUT2D eigenvalue weighted by atomic mass is 10.0. The second kappa shape index (κ2) is 8.18. The van der Waals surface area contributed by atoms with E-state index in [-0.39, 0.29) is 18.9 Å². The number of nitrogens with one attached hydrogen (secondary N) is 1. The number of rotatable bonds is 6. The Kier molecular flexibility index (Phi) is 5.91. The molecule has 1 aliphatic rings. The number of aliphatic hydroxyl groups is 1. The van der Waals surface area contributed by atoms with E-state index in [0.29, 0.717) is 23.9 Å². The van der Waals surface area contributed by atoms with E-state index >= 15 is 0 Å². The molecule has 3 heterocycles. The van der Waals surface area contributed by atoms with Gasteiger partial charge in [0.1, 0.15) is 0 Å². The normalized spacial score (nSPS) is 17.3. The van der Waals surface area contributed by atoms with Crippen molar-refractivity contribution in [3.8, 4) is 0 Å². The van der Waals surface area contributed by atoms with Crippen molar-refractivity contribution in [2.75, 3.05) is 38.2 Å². The number of hydrogen-bond acceptors (Lipinski definition) is 6. The fourth-order valence-electron chi connectivity index (χ4n) is 3.07. The first kappa shape index (κ1) is 19.5. The Bertz CT molecular complexity index is 778. The van der Waals surface area contributed by atoms with Crippen LogP contribution < -0.4 is 10.2 Å². The highest BCUT2D eigenvalue weighted by Gasteiger charge is 2.30. The average Bonchev–Trinajstić information content (AvgIpc) is 3.16. The van der Waals surface area contributed by atoms with Crippen molar-refractivity contribution in [1.29, 1.82) is 0 Å². The van der Waals surface area contributed by atoms with E-state index in [2.05, 4.69) is 20.3 Å². The smallest absolute Gasteiger partial charge is 0.395 e. The zero-order valence-electron chi connectivity index (χ0n) is 15.0. The molecule has 0 radical (unpaired) electrons. The van der Waals surface area contributed by atoms with Crippen molar-refractivity contribution in [3.05, 3.63) is 47.0 Å². The molecule has 9 heteroatoms. The first-order valence-corrected chi connectivity index (χ1v) is 8.79. The molecule has 0 amide bonds. The van der Waals surface area contributed by atoms with Crippen LogP contribution in [0.15, 0.2) is 24.4 Å². The summed E-state index contributed by atoms with van der Waals surface area (Å²) in [5.74, 6) is 0.693. The monoisotopic (exact) mass is 381 g/mol. The van der Waals surface area contributed by atoms with Crippen LogP contribution in [-0.4, -0.2) is 53.3 Å². The van der Waals surface area contributed by atoms with E-state index in [0.717, 1.165) is 37.3 Å². The van der Waals surface area contributed by atoms with Crippen LogP contribution in [0.25, 0.3) is 0 Å². The summed E-state index contributed by atoms with van der Waals surface area (Å²) in [6.07, 6.45) is -2.11. The number of halogens is 3. The summed E-state index contributed by atoms with van der Waals surface area (Å²) in [4.78, 5) is 14.9. The second-order valence-corrected chi connectivity index (χ2v) is 6.63. The van der Waals surface area contributed by atoms with Crippen LogP contribution >= 0.6 is 0 Å². The molecule has 27 heavy (non-hydrogen) atoms. The van der Waals surface area contributed by atoms with Gasteiger partial charge in [-0.25, -0.2) is 9.97 Å². The number of aliphatic hydroxyl groups excluding tert-OH is 1. The van der Waals surface area contributed by atoms with Crippen LogP contribution in [0.4, 0.5) is 19.1 Å². The molecular weight excluding hydrogens is 359 g/mol. The molecule has 1 unspecified atom stereocenters. The molecule has 0 saturated carbocycles. The van der Waals surface area contributed by atoms with E-state index in [1.54, 1.807) is 11.9 Å². The molecule has 1 aliphatic heterocycles. The molecule has 2 aromatic rings. The summed E-state index contributed by atoms with van der Waals surface area (Å²) in [7, 11) is 1.77. The van der Waals surface area contributed by atoms with Gasteiger partial charge in [0.05, 0.1) is 23.6 Å². The van der Waals surface area contributed by atoms with Crippen molar-refractivity contribution in [2.24, 2.45) is 0 Å². The molecular formula is C18H22F3N5O. The summed E-state index contributed by atoms with van der Waals surface area (Å²) in [5.41, 5.74) is 1.05. The van der Waals surface area contributed by atoms with Gasteiger partial charge in [-0.15, -0.1) is 0 Å². The molecule has 6 nitrogen and oxygen atoms in total. The molecule has 3 rings (SSSR count). The lowest BCUT2D eigenvalue weighted by molar-refractivity contribution is -0.137. The first-order valence-electron chi connectivity index (χ1n) is 8.79. The lowest BCUT2D eigenvalue weighted by Gasteiger charge is -2.19. The van der Waals surface area contributed by atoms with Gasteiger partial charge >= 0.3 is 6.18 Å². The first-order chi connectivity index (χ1) is 12.9. The fraction of sp³-hybridized carbons (Fsp3) is 0.500. The van der Waals surface area contributed by atoms with E-state index in [1.807, 2.05) is 6.07 Å². The van der Waals surface area contributed by atoms with E-state index in [4.69, 9.17) is 5.11 Å². The SMILES string of the molecule is CN(CCO)c1nc(Cc2cc(C(F)(F)F)ccn2)cc(C2CCNC2)n1. The van der Waals surface area contributed by atoms with Crippen molar-refractivity contribution >= 4 is 5.95 Å². The van der Waals surface area contributed by atoms with Crippen LogP contribution in [0, 0.1) is 0 Å². The summed E-state index contributed by atoms with van der Waals surface area (Å²) < 4.78 is 38.8. The van der Waals surface area contributed by atoms with Gasteiger partial charge in [0.2, 0.25) is 5.95 Å². The van der Waals surface area contributed by atoms with Crippen molar-refractivity contribution in [1.82, 2.24) is 20.3 Å². The van der Waals surface area contributed by atoms with Crippen LogP contribution in [0.5, 0.6) is 0 Å². The Morgan fingerprint density at radius 2 is 2.07 bits per heavy atom. The van der Waals surface area contributed by atoms with Crippen LogP contribution in [0.2, 0.25) is 0 Å². The Morgan fingerprint density at radius 1 is 1.26 bits per heavy atom. The number of alkyl halides is 3. The maximum absolute atomic E-state index is 12.9. The topological polar surface area (TPSA) is 74.2 Å². The summed E-state index contributed by atoms with van der Waals surface area (Å²) in [6, 6.07) is 3.85. The highest BCUT2D eigenvalue weighted by atomic mass is 19.4.